The highest BCUT2D eigenvalue weighted by atomic mass is 15.3. The molecule has 4 heteroatoms. The molecule has 5 rings (SSSR count). The molecule has 0 radical (unpaired) electrons. The number of rotatable bonds is 6. The van der Waals surface area contributed by atoms with E-state index in [1.54, 1.807) is 0 Å². The number of benzene rings is 1. The molecular weight excluding hydrogens is 392 g/mol. The lowest BCUT2D eigenvalue weighted by Crippen LogP contribution is -2.35. The lowest BCUT2D eigenvalue weighted by molar-refractivity contribution is 0.432. The van der Waals surface area contributed by atoms with Crippen molar-refractivity contribution in [3.05, 3.63) is 83.4 Å². The van der Waals surface area contributed by atoms with Crippen LogP contribution in [0.2, 0.25) is 0 Å². The first-order chi connectivity index (χ1) is 15.7. The summed E-state index contributed by atoms with van der Waals surface area (Å²) in [7, 11) is 0. The van der Waals surface area contributed by atoms with E-state index in [4.69, 9.17) is 9.97 Å². The van der Waals surface area contributed by atoms with Gasteiger partial charge in [0, 0.05) is 37.1 Å². The average Bonchev–Trinajstić information content (AvgIpc) is 3.36. The maximum atomic E-state index is 5.37. The molecule has 0 N–H and O–H groups in total. The number of aromatic nitrogens is 3. The molecule has 0 bridgehead atoms. The van der Waals surface area contributed by atoms with Gasteiger partial charge in [0.15, 0.2) is 0 Å². The second-order valence-corrected chi connectivity index (χ2v) is 9.72. The second kappa shape index (κ2) is 9.40. The van der Waals surface area contributed by atoms with Crippen molar-refractivity contribution in [2.75, 3.05) is 18.0 Å². The van der Waals surface area contributed by atoms with E-state index in [1.807, 2.05) is 12.4 Å². The molecule has 1 aliphatic carbocycles. The predicted octanol–water partition coefficient (Wildman–Crippen LogP) is 5.75. The second-order valence-electron chi connectivity index (χ2n) is 9.72. The van der Waals surface area contributed by atoms with Crippen LogP contribution in [-0.2, 0) is 18.3 Å². The molecular formula is C28H34N4. The predicted molar refractivity (Wildman–Crippen MR) is 130 cm³/mol. The maximum Gasteiger partial charge on any atom is 0.225 e. The molecule has 3 heterocycles. The third kappa shape index (κ3) is 4.28. The van der Waals surface area contributed by atoms with Crippen molar-refractivity contribution >= 4 is 5.95 Å². The highest BCUT2D eigenvalue weighted by Crippen LogP contribution is 2.47. The Morgan fingerprint density at radius 2 is 1.66 bits per heavy atom. The zero-order chi connectivity index (χ0) is 21.8. The lowest BCUT2D eigenvalue weighted by Gasteiger charge is -2.34. The maximum absolute atomic E-state index is 5.37. The van der Waals surface area contributed by atoms with Gasteiger partial charge in [-0.15, -0.1) is 0 Å². The van der Waals surface area contributed by atoms with Crippen molar-refractivity contribution in [1.29, 1.82) is 0 Å². The van der Waals surface area contributed by atoms with Gasteiger partial charge >= 0.3 is 0 Å². The minimum atomic E-state index is 0.00953. The summed E-state index contributed by atoms with van der Waals surface area (Å²) in [6.07, 6.45) is 15.2. The Labute approximate surface area is 192 Å². The Morgan fingerprint density at radius 1 is 0.938 bits per heavy atom. The summed E-state index contributed by atoms with van der Waals surface area (Å²) >= 11 is 0. The summed E-state index contributed by atoms with van der Waals surface area (Å²) in [6, 6.07) is 15.3. The molecule has 0 atom stereocenters. The Balaban J connectivity index is 1.54. The molecule has 0 unspecified atom stereocenters. The largest absolute Gasteiger partial charge is 0.341 e. The highest BCUT2D eigenvalue weighted by Gasteiger charge is 2.40. The minimum absolute atomic E-state index is 0.00953. The molecule has 4 nitrogen and oxygen atoms in total. The molecule has 2 aromatic heterocycles. The fourth-order valence-corrected chi connectivity index (χ4v) is 5.58. The van der Waals surface area contributed by atoms with Gasteiger partial charge in [0.25, 0.3) is 0 Å². The standard InChI is InChI=1S/C28H34N4/c1-22-13-19-32(20-14-22)27-30-21-24(10-9-23-11-17-29-18-12-23)26(31-27)28(15-5-6-16-28)25-7-3-2-4-8-25/h2-4,7-8,11-12,17-18,21-22H,5-6,9-10,13-16,19-20H2,1H3. The topological polar surface area (TPSA) is 41.9 Å². The van der Waals surface area contributed by atoms with E-state index >= 15 is 0 Å². The smallest absolute Gasteiger partial charge is 0.225 e. The van der Waals surface area contributed by atoms with E-state index in [2.05, 4.69) is 65.5 Å². The van der Waals surface area contributed by atoms with Gasteiger partial charge < -0.3 is 4.90 Å². The summed E-state index contributed by atoms with van der Waals surface area (Å²) in [6.45, 7) is 4.49. The van der Waals surface area contributed by atoms with Crippen molar-refractivity contribution < 1.29 is 0 Å². The van der Waals surface area contributed by atoms with Crippen LogP contribution in [0.15, 0.2) is 61.1 Å². The molecule has 2 fully saturated rings. The van der Waals surface area contributed by atoms with Crippen molar-refractivity contribution in [2.45, 2.75) is 63.7 Å². The Hall–Kier alpha value is -2.75. The normalized spacial score (nSPS) is 18.7. The fourth-order valence-electron chi connectivity index (χ4n) is 5.58. The summed E-state index contributed by atoms with van der Waals surface area (Å²) in [5.74, 6) is 1.73. The first-order valence-corrected chi connectivity index (χ1v) is 12.3. The van der Waals surface area contributed by atoms with Gasteiger partial charge in [0.2, 0.25) is 5.95 Å². The highest BCUT2D eigenvalue weighted by molar-refractivity contribution is 5.44. The van der Waals surface area contributed by atoms with Crippen LogP contribution in [0.25, 0.3) is 0 Å². The Kier molecular flexibility index (Phi) is 6.20. The third-order valence-corrected chi connectivity index (χ3v) is 7.59. The summed E-state index contributed by atoms with van der Waals surface area (Å²) in [5.41, 5.74) is 5.33. The number of piperidine rings is 1. The lowest BCUT2D eigenvalue weighted by atomic mass is 9.74. The van der Waals surface area contributed by atoms with Crippen molar-refractivity contribution in [2.24, 2.45) is 5.92 Å². The van der Waals surface area contributed by atoms with E-state index in [0.717, 1.165) is 37.8 Å². The number of aryl methyl sites for hydroxylation is 2. The van der Waals surface area contributed by atoms with Crippen molar-refractivity contribution in [3.8, 4) is 0 Å². The number of hydrogen-bond acceptors (Lipinski definition) is 4. The van der Waals surface area contributed by atoms with Crippen LogP contribution < -0.4 is 4.90 Å². The van der Waals surface area contributed by atoms with Crippen LogP contribution >= 0.6 is 0 Å². The monoisotopic (exact) mass is 426 g/mol. The first kappa shape index (κ1) is 21.1. The number of pyridine rings is 1. The zero-order valence-corrected chi connectivity index (χ0v) is 19.2. The van der Waals surface area contributed by atoms with Crippen LogP contribution in [0.3, 0.4) is 0 Å². The van der Waals surface area contributed by atoms with Crippen molar-refractivity contribution in [1.82, 2.24) is 15.0 Å². The third-order valence-electron chi connectivity index (χ3n) is 7.59. The summed E-state index contributed by atoms with van der Waals surface area (Å²) < 4.78 is 0. The van der Waals surface area contributed by atoms with Crippen molar-refractivity contribution in [3.63, 3.8) is 0 Å². The molecule has 32 heavy (non-hydrogen) atoms. The van der Waals surface area contributed by atoms with E-state index in [9.17, 15) is 0 Å². The van der Waals surface area contributed by atoms with Crippen LogP contribution in [0, 0.1) is 5.92 Å². The molecule has 0 spiro atoms. The summed E-state index contributed by atoms with van der Waals surface area (Å²) in [5, 5.41) is 0. The van der Waals surface area contributed by atoms with Gasteiger partial charge in [-0.3, -0.25) is 4.98 Å². The van der Waals surface area contributed by atoms with E-state index in [1.165, 1.54) is 60.9 Å². The molecule has 1 aliphatic heterocycles. The molecule has 1 saturated carbocycles. The van der Waals surface area contributed by atoms with E-state index < -0.39 is 0 Å². The minimum Gasteiger partial charge on any atom is -0.341 e. The van der Waals surface area contributed by atoms with Crippen LogP contribution in [0.1, 0.15) is 67.8 Å². The molecule has 0 amide bonds. The van der Waals surface area contributed by atoms with E-state index in [-0.39, 0.29) is 5.41 Å². The Morgan fingerprint density at radius 3 is 2.38 bits per heavy atom. The van der Waals surface area contributed by atoms with Crippen LogP contribution in [0.5, 0.6) is 0 Å². The van der Waals surface area contributed by atoms with Gasteiger partial charge in [-0.2, -0.15) is 0 Å². The molecule has 166 valence electrons. The van der Waals surface area contributed by atoms with Gasteiger partial charge in [-0.05, 0) is 73.3 Å². The van der Waals surface area contributed by atoms with Crippen LogP contribution in [0.4, 0.5) is 5.95 Å². The first-order valence-electron chi connectivity index (χ1n) is 12.3. The molecule has 1 aromatic carbocycles. The average molecular weight is 427 g/mol. The number of nitrogens with zero attached hydrogens (tertiary/aromatic N) is 4. The quantitative estimate of drug-likeness (QED) is 0.503. The van der Waals surface area contributed by atoms with Gasteiger partial charge in [-0.1, -0.05) is 50.1 Å². The fraction of sp³-hybridized carbons (Fsp3) is 0.464. The van der Waals surface area contributed by atoms with Crippen LogP contribution in [-0.4, -0.2) is 28.0 Å². The number of hydrogen-bond donors (Lipinski definition) is 0. The van der Waals surface area contributed by atoms with Gasteiger partial charge in [0.1, 0.15) is 0 Å². The zero-order valence-electron chi connectivity index (χ0n) is 19.2. The summed E-state index contributed by atoms with van der Waals surface area (Å²) in [4.78, 5) is 16.8. The molecule has 2 aliphatic rings. The van der Waals surface area contributed by atoms with Gasteiger partial charge in [0.05, 0.1) is 5.69 Å². The molecule has 1 saturated heterocycles. The SMILES string of the molecule is CC1CCN(c2ncc(CCc3ccncc3)c(C3(c4ccccc4)CCCC3)n2)CC1. The molecule has 3 aromatic rings. The Bertz CT molecular complexity index is 1000. The van der Waals surface area contributed by atoms with Gasteiger partial charge in [-0.25, -0.2) is 9.97 Å². The van der Waals surface area contributed by atoms with E-state index in [0.29, 0.717) is 0 Å². The number of anilines is 1.